The number of benzene rings is 1. The van der Waals surface area contributed by atoms with Crippen LogP contribution in [0.4, 0.5) is 0 Å². The molecule has 0 bridgehead atoms. The summed E-state index contributed by atoms with van der Waals surface area (Å²) in [6, 6.07) is 8.40. The van der Waals surface area contributed by atoms with Gasteiger partial charge in [0.1, 0.15) is 6.10 Å². The Morgan fingerprint density at radius 1 is 1.19 bits per heavy atom. The van der Waals surface area contributed by atoms with Crippen LogP contribution in [0.2, 0.25) is 0 Å². The van der Waals surface area contributed by atoms with Crippen LogP contribution >= 0.6 is 0 Å². The molecule has 0 saturated heterocycles. The Bertz CT molecular complexity index is 500. The molecule has 0 unspecified atom stereocenters. The van der Waals surface area contributed by atoms with Crippen LogP contribution in [0.3, 0.4) is 0 Å². The van der Waals surface area contributed by atoms with E-state index < -0.39 is 36.0 Å². The van der Waals surface area contributed by atoms with E-state index in [0.29, 0.717) is 5.56 Å². The zero-order valence-electron chi connectivity index (χ0n) is 11.4. The van der Waals surface area contributed by atoms with E-state index in [9.17, 15) is 19.8 Å². The zero-order chi connectivity index (χ0) is 15.4. The van der Waals surface area contributed by atoms with Gasteiger partial charge in [0.2, 0.25) is 0 Å². The molecule has 0 radical (unpaired) electrons. The highest BCUT2D eigenvalue weighted by Crippen LogP contribution is 2.36. The average molecular weight is 294 g/mol. The number of carboxylic acid groups (broad SMARTS) is 1. The Morgan fingerprint density at radius 3 is 2.43 bits per heavy atom. The van der Waals surface area contributed by atoms with Gasteiger partial charge in [0, 0.05) is 24.9 Å². The fraction of sp³-hybridized carbons (Fsp3) is 0.467. The number of esters is 1. The summed E-state index contributed by atoms with van der Waals surface area (Å²) in [5.41, 5.74) is 0.380. The molecule has 21 heavy (non-hydrogen) atoms. The molecular weight excluding hydrogens is 276 g/mol. The van der Waals surface area contributed by atoms with Crippen LogP contribution in [0.1, 0.15) is 23.2 Å². The van der Waals surface area contributed by atoms with Crippen molar-refractivity contribution in [1.29, 1.82) is 0 Å². The molecule has 1 aliphatic carbocycles. The summed E-state index contributed by atoms with van der Waals surface area (Å²) in [6.45, 7) is -0.332. The summed E-state index contributed by atoms with van der Waals surface area (Å²) in [5.74, 6) is -2.76. The third kappa shape index (κ3) is 3.59. The molecule has 0 aromatic heterocycles. The molecule has 1 saturated carbocycles. The molecular formula is C15H18O6. The number of hydrogen-bond acceptors (Lipinski definition) is 5. The lowest BCUT2D eigenvalue weighted by Gasteiger charge is -2.22. The fourth-order valence-electron chi connectivity index (χ4n) is 2.81. The van der Waals surface area contributed by atoms with Gasteiger partial charge in [-0.05, 0) is 12.1 Å². The molecule has 1 aromatic rings. The SMILES string of the molecule is O=C(O)C[C@H]1[C@H](CO)[C@H](OC(=O)c2ccccc2)C[C@H]1O. The minimum atomic E-state index is -1.05. The quantitative estimate of drug-likeness (QED) is 0.690. The summed E-state index contributed by atoms with van der Waals surface area (Å²) in [6.07, 6.45) is -1.69. The van der Waals surface area contributed by atoms with Gasteiger partial charge in [-0.3, -0.25) is 4.79 Å². The maximum absolute atomic E-state index is 12.0. The number of carboxylic acids is 1. The first-order valence-electron chi connectivity index (χ1n) is 6.79. The topological polar surface area (TPSA) is 104 Å². The van der Waals surface area contributed by atoms with Crippen molar-refractivity contribution in [2.24, 2.45) is 11.8 Å². The standard InChI is InChI=1S/C15H18O6/c16-8-11-10(6-14(18)19)12(17)7-13(11)21-15(20)9-4-2-1-3-5-9/h1-5,10-13,16-17H,6-8H2,(H,18,19)/t10-,11-,12+,13+/m0/s1. The van der Waals surface area contributed by atoms with Crippen molar-refractivity contribution in [2.45, 2.75) is 25.0 Å². The van der Waals surface area contributed by atoms with Gasteiger partial charge >= 0.3 is 11.9 Å². The highest BCUT2D eigenvalue weighted by atomic mass is 16.5. The van der Waals surface area contributed by atoms with Crippen molar-refractivity contribution in [2.75, 3.05) is 6.61 Å². The number of aliphatic carboxylic acids is 1. The zero-order valence-corrected chi connectivity index (χ0v) is 11.4. The minimum absolute atomic E-state index is 0.141. The number of hydrogen-bond donors (Lipinski definition) is 3. The predicted octanol–water partition coefficient (Wildman–Crippen LogP) is 0.676. The Labute approximate surface area is 122 Å². The monoisotopic (exact) mass is 294 g/mol. The van der Waals surface area contributed by atoms with E-state index in [0.717, 1.165) is 0 Å². The van der Waals surface area contributed by atoms with E-state index in [1.807, 2.05) is 0 Å². The number of rotatable bonds is 5. The minimum Gasteiger partial charge on any atom is -0.481 e. The van der Waals surface area contributed by atoms with Crippen molar-refractivity contribution in [3.8, 4) is 0 Å². The molecule has 6 heteroatoms. The normalized spacial score (nSPS) is 28.3. The van der Waals surface area contributed by atoms with Crippen molar-refractivity contribution >= 4 is 11.9 Å². The number of carbonyl (C=O) groups is 2. The van der Waals surface area contributed by atoms with Gasteiger partial charge in [-0.25, -0.2) is 4.79 Å². The molecule has 0 amide bonds. The van der Waals surface area contributed by atoms with E-state index in [2.05, 4.69) is 0 Å². The number of ether oxygens (including phenoxy) is 1. The van der Waals surface area contributed by atoms with Crippen LogP contribution < -0.4 is 0 Å². The van der Waals surface area contributed by atoms with Gasteiger partial charge in [0.05, 0.1) is 18.1 Å². The summed E-state index contributed by atoms with van der Waals surface area (Å²) in [7, 11) is 0. The van der Waals surface area contributed by atoms with Crippen molar-refractivity contribution in [3.05, 3.63) is 35.9 Å². The molecule has 114 valence electrons. The van der Waals surface area contributed by atoms with Gasteiger partial charge in [-0.1, -0.05) is 18.2 Å². The van der Waals surface area contributed by atoms with Crippen LogP contribution in [0.5, 0.6) is 0 Å². The van der Waals surface area contributed by atoms with Gasteiger partial charge in [-0.2, -0.15) is 0 Å². The third-order valence-electron chi connectivity index (χ3n) is 3.88. The summed E-state index contributed by atoms with van der Waals surface area (Å²) >= 11 is 0. The fourth-order valence-corrected chi connectivity index (χ4v) is 2.81. The second-order valence-corrected chi connectivity index (χ2v) is 5.22. The van der Waals surface area contributed by atoms with E-state index in [-0.39, 0.29) is 19.4 Å². The van der Waals surface area contributed by atoms with Gasteiger partial charge in [0.15, 0.2) is 0 Å². The summed E-state index contributed by atoms with van der Waals surface area (Å²) in [5, 5.41) is 28.2. The first-order chi connectivity index (χ1) is 10.0. The highest BCUT2D eigenvalue weighted by Gasteiger charge is 2.45. The lowest BCUT2D eigenvalue weighted by atomic mass is 9.91. The molecule has 1 aromatic carbocycles. The number of aliphatic hydroxyl groups excluding tert-OH is 2. The van der Waals surface area contributed by atoms with E-state index >= 15 is 0 Å². The van der Waals surface area contributed by atoms with Crippen LogP contribution in [0, 0.1) is 11.8 Å². The van der Waals surface area contributed by atoms with Crippen LogP contribution in [0.15, 0.2) is 30.3 Å². The molecule has 0 heterocycles. The van der Waals surface area contributed by atoms with Gasteiger partial charge < -0.3 is 20.1 Å². The van der Waals surface area contributed by atoms with Crippen LogP contribution in [-0.4, -0.2) is 46.1 Å². The lowest BCUT2D eigenvalue weighted by Crippen LogP contribution is -2.30. The molecule has 0 spiro atoms. The summed E-state index contributed by atoms with van der Waals surface area (Å²) in [4.78, 5) is 22.8. The molecule has 4 atom stereocenters. The van der Waals surface area contributed by atoms with E-state index in [4.69, 9.17) is 9.84 Å². The molecule has 2 rings (SSSR count). The van der Waals surface area contributed by atoms with Crippen LogP contribution in [-0.2, 0) is 9.53 Å². The van der Waals surface area contributed by atoms with Gasteiger partial charge in [-0.15, -0.1) is 0 Å². The number of carbonyl (C=O) groups excluding carboxylic acids is 1. The lowest BCUT2D eigenvalue weighted by molar-refractivity contribution is -0.139. The Hall–Kier alpha value is -1.92. The van der Waals surface area contributed by atoms with Crippen LogP contribution in [0.25, 0.3) is 0 Å². The first-order valence-corrected chi connectivity index (χ1v) is 6.79. The maximum Gasteiger partial charge on any atom is 0.338 e. The Morgan fingerprint density at radius 2 is 1.86 bits per heavy atom. The van der Waals surface area contributed by atoms with Crippen molar-refractivity contribution < 1.29 is 29.6 Å². The first kappa shape index (κ1) is 15.5. The second-order valence-electron chi connectivity index (χ2n) is 5.22. The van der Waals surface area contributed by atoms with E-state index in [1.54, 1.807) is 30.3 Å². The highest BCUT2D eigenvalue weighted by molar-refractivity contribution is 5.89. The smallest absolute Gasteiger partial charge is 0.338 e. The third-order valence-corrected chi connectivity index (χ3v) is 3.88. The second kappa shape index (κ2) is 6.69. The molecule has 1 aliphatic rings. The number of aliphatic hydroxyl groups is 2. The van der Waals surface area contributed by atoms with E-state index in [1.165, 1.54) is 0 Å². The molecule has 1 fully saturated rings. The largest absolute Gasteiger partial charge is 0.481 e. The maximum atomic E-state index is 12.0. The van der Waals surface area contributed by atoms with Gasteiger partial charge in [0.25, 0.3) is 0 Å². The predicted molar refractivity (Wildman–Crippen MR) is 72.6 cm³/mol. The Kier molecular flexibility index (Phi) is 4.93. The van der Waals surface area contributed by atoms with Crippen molar-refractivity contribution in [1.82, 2.24) is 0 Å². The Balaban J connectivity index is 2.06. The molecule has 3 N–H and O–H groups in total. The molecule has 6 nitrogen and oxygen atoms in total. The molecule has 0 aliphatic heterocycles. The van der Waals surface area contributed by atoms with Crippen molar-refractivity contribution in [3.63, 3.8) is 0 Å². The summed E-state index contributed by atoms with van der Waals surface area (Å²) < 4.78 is 5.33. The average Bonchev–Trinajstić information content (AvgIpc) is 2.74.